The number of nitrogens with one attached hydrogen (secondary N) is 1. The maximum absolute atomic E-state index is 4.46. The van der Waals surface area contributed by atoms with Gasteiger partial charge in [0.25, 0.3) is 0 Å². The Bertz CT molecular complexity index is 363. The van der Waals surface area contributed by atoms with Gasteiger partial charge in [-0.15, -0.1) is 10.2 Å². The van der Waals surface area contributed by atoms with Crippen molar-refractivity contribution in [3.8, 4) is 0 Å². The molecular weight excluding hydrogens is 212 g/mol. The van der Waals surface area contributed by atoms with E-state index in [0.717, 1.165) is 19.5 Å². The second kappa shape index (κ2) is 5.17. The van der Waals surface area contributed by atoms with Gasteiger partial charge in [0.15, 0.2) is 0 Å². The van der Waals surface area contributed by atoms with Crippen molar-refractivity contribution >= 4 is 0 Å². The van der Waals surface area contributed by atoms with Crippen LogP contribution in [0.15, 0.2) is 0 Å². The van der Waals surface area contributed by atoms with Gasteiger partial charge in [-0.05, 0) is 32.2 Å². The van der Waals surface area contributed by atoms with Gasteiger partial charge < -0.3 is 9.88 Å². The summed E-state index contributed by atoms with van der Waals surface area (Å²) in [4.78, 5) is 0. The van der Waals surface area contributed by atoms with Crippen molar-refractivity contribution in [1.82, 2.24) is 20.1 Å². The van der Waals surface area contributed by atoms with Crippen LogP contribution in [0.3, 0.4) is 0 Å². The van der Waals surface area contributed by atoms with Gasteiger partial charge in [0.2, 0.25) is 0 Å². The Hall–Kier alpha value is -0.900. The second-order valence-corrected chi connectivity index (χ2v) is 5.29. The molecule has 0 bridgehead atoms. The highest BCUT2D eigenvalue weighted by Gasteiger charge is 2.22. The topological polar surface area (TPSA) is 42.7 Å². The van der Waals surface area contributed by atoms with E-state index in [0.29, 0.717) is 6.04 Å². The molecule has 4 heteroatoms. The summed E-state index contributed by atoms with van der Waals surface area (Å²) < 4.78 is 2.38. The average molecular weight is 234 g/mol. The van der Waals surface area contributed by atoms with Crippen LogP contribution in [0.5, 0.6) is 0 Å². The predicted molar refractivity (Wildman–Crippen MR) is 66.8 cm³/mol. The summed E-state index contributed by atoms with van der Waals surface area (Å²) in [5.74, 6) is 2.41. The summed E-state index contributed by atoms with van der Waals surface area (Å²) in [7, 11) is 0. The lowest BCUT2D eigenvalue weighted by Crippen LogP contribution is -2.24. The summed E-state index contributed by atoms with van der Waals surface area (Å²) in [6.07, 6.45) is 10.2. The van der Waals surface area contributed by atoms with Gasteiger partial charge in [0, 0.05) is 13.0 Å². The third kappa shape index (κ3) is 2.37. The Labute approximate surface area is 103 Å². The number of hydrogen-bond donors (Lipinski definition) is 1. The molecule has 1 aromatic heterocycles. The summed E-state index contributed by atoms with van der Waals surface area (Å²) in [6.45, 7) is 2.25. The smallest absolute Gasteiger partial charge is 0.150 e. The third-order valence-corrected chi connectivity index (χ3v) is 4.01. The molecular formula is C13H22N4. The molecule has 0 aromatic carbocycles. The van der Waals surface area contributed by atoms with E-state index in [1.165, 1.54) is 56.6 Å². The number of aryl methyl sites for hydroxylation is 1. The molecule has 1 unspecified atom stereocenters. The number of aromatic nitrogens is 3. The molecule has 1 saturated heterocycles. The lowest BCUT2D eigenvalue weighted by atomic mass is 10.1. The van der Waals surface area contributed by atoms with E-state index in [2.05, 4.69) is 20.1 Å². The van der Waals surface area contributed by atoms with E-state index < -0.39 is 0 Å². The first-order valence-corrected chi connectivity index (χ1v) is 7.10. The van der Waals surface area contributed by atoms with Crippen LogP contribution >= 0.6 is 0 Å². The van der Waals surface area contributed by atoms with Gasteiger partial charge in [-0.2, -0.15) is 0 Å². The molecule has 0 amide bonds. The Morgan fingerprint density at radius 3 is 2.94 bits per heavy atom. The fourth-order valence-corrected chi connectivity index (χ4v) is 3.01. The molecule has 94 valence electrons. The molecule has 2 aliphatic heterocycles. The van der Waals surface area contributed by atoms with Gasteiger partial charge in [0.05, 0.1) is 6.04 Å². The van der Waals surface area contributed by atoms with E-state index in [-0.39, 0.29) is 0 Å². The van der Waals surface area contributed by atoms with Crippen LogP contribution in [0.2, 0.25) is 0 Å². The van der Waals surface area contributed by atoms with Crippen molar-refractivity contribution in [3.63, 3.8) is 0 Å². The molecule has 0 saturated carbocycles. The highest BCUT2D eigenvalue weighted by molar-refractivity contribution is 5.03. The van der Waals surface area contributed by atoms with Crippen LogP contribution < -0.4 is 5.32 Å². The summed E-state index contributed by atoms with van der Waals surface area (Å²) in [5.41, 5.74) is 0. The van der Waals surface area contributed by atoms with Gasteiger partial charge in [-0.25, -0.2) is 0 Å². The zero-order valence-electron chi connectivity index (χ0n) is 10.5. The van der Waals surface area contributed by atoms with Crippen molar-refractivity contribution in [2.45, 2.75) is 64.0 Å². The highest BCUT2D eigenvalue weighted by atomic mass is 15.3. The zero-order chi connectivity index (χ0) is 11.5. The van der Waals surface area contributed by atoms with Crippen LogP contribution in [-0.4, -0.2) is 21.3 Å². The van der Waals surface area contributed by atoms with Crippen molar-refractivity contribution in [1.29, 1.82) is 0 Å². The molecule has 4 nitrogen and oxygen atoms in total. The average Bonchev–Trinajstić information content (AvgIpc) is 2.60. The van der Waals surface area contributed by atoms with E-state index in [1.54, 1.807) is 0 Å². The van der Waals surface area contributed by atoms with E-state index in [9.17, 15) is 0 Å². The minimum atomic E-state index is 0.442. The van der Waals surface area contributed by atoms with Gasteiger partial charge in [-0.3, -0.25) is 0 Å². The Morgan fingerprint density at radius 1 is 1.00 bits per heavy atom. The number of hydrogen-bond acceptors (Lipinski definition) is 3. The number of nitrogens with zero attached hydrogens (tertiary/aromatic N) is 3. The molecule has 0 aliphatic carbocycles. The normalized spacial score (nSPS) is 26.0. The Balaban J connectivity index is 1.84. The third-order valence-electron chi connectivity index (χ3n) is 4.01. The minimum absolute atomic E-state index is 0.442. The van der Waals surface area contributed by atoms with Crippen LogP contribution in [-0.2, 0) is 13.0 Å². The first-order valence-electron chi connectivity index (χ1n) is 7.10. The van der Waals surface area contributed by atoms with E-state index in [1.807, 2.05) is 0 Å². The Kier molecular flexibility index (Phi) is 3.41. The summed E-state index contributed by atoms with van der Waals surface area (Å²) >= 11 is 0. The van der Waals surface area contributed by atoms with Crippen LogP contribution in [0.1, 0.15) is 62.6 Å². The molecule has 3 heterocycles. The molecule has 3 rings (SSSR count). The SMILES string of the molecule is C1CCNC(c2nnc3n2CCCCC3)CC1. The quantitative estimate of drug-likeness (QED) is 0.810. The summed E-state index contributed by atoms with van der Waals surface area (Å²) in [6, 6.07) is 0.442. The first kappa shape index (κ1) is 11.2. The zero-order valence-corrected chi connectivity index (χ0v) is 10.5. The second-order valence-electron chi connectivity index (χ2n) is 5.29. The van der Waals surface area contributed by atoms with Gasteiger partial charge in [0.1, 0.15) is 11.6 Å². The fraction of sp³-hybridized carbons (Fsp3) is 0.846. The molecule has 1 fully saturated rings. The maximum atomic E-state index is 4.46. The molecule has 1 atom stereocenters. The van der Waals surface area contributed by atoms with Gasteiger partial charge >= 0.3 is 0 Å². The first-order chi connectivity index (χ1) is 8.45. The van der Waals surface area contributed by atoms with Crippen molar-refractivity contribution in [2.24, 2.45) is 0 Å². The van der Waals surface area contributed by atoms with Crippen LogP contribution in [0.25, 0.3) is 0 Å². The summed E-state index contributed by atoms with van der Waals surface area (Å²) in [5, 5.41) is 12.5. The fourth-order valence-electron chi connectivity index (χ4n) is 3.01. The highest BCUT2D eigenvalue weighted by Crippen LogP contribution is 2.24. The largest absolute Gasteiger partial charge is 0.314 e. The lowest BCUT2D eigenvalue weighted by Gasteiger charge is -2.16. The Morgan fingerprint density at radius 2 is 1.94 bits per heavy atom. The molecule has 1 aromatic rings. The van der Waals surface area contributed by atoms with Crippen LogP contribution in [0, 0.1) is 0 Å². The number of rotatable bonds is 1. The van der Waals surface area contributed by atoms with Gasteiger partial charge in [-0.1, -0.05) is 19.3 Å². The van der Waals surface area contributed by atoms with E-state index >= 15 is 0 Å². The van der Waals surface area contributed by atoms with Crippen molar-refractivity contribution in [2.75, 3.05) is 6.54 Å². The standard InChI is InChI=1S/C13H22N4/c1-3-7-11(14-9-5-1)13-16-15-12-8-4-2-6-10-17(12)13/h11,14H,1-10H2. The monoisotopic (exact) mass is 234 g/mol. The number of fused-ring (bicyclic) bond motifs is 1. The van der Waals surface area contributed by atoms with E-state index in [4.69, 9.17) is 0 Å². The molecule has 0 spiro atoms. The molecule has 17 heavy (non-hydrogen) atoms. The van der Waals surface area contributed by atoms with Crippen LogP contribution in [0.4, 0.5) is 0 Å². The molecule has 1 N–H and O–H groups in total. The molecule has 2 aliphatic rings. The predicted octanol–water partition coefficient (Wildman–Crippen LogP) is 2.21. The lowest BCUT2D eigenvalue weighted by molar-refractivity contribution is 0.472. The molecule has 0 radical (unpaired) electrons. The maximum Gasteiger partial charge on any atom is 0.150 e. The van der Waals surface area contributed by atoms with Crippen molar-refractivity contribution < 1.29 is 0 Å². The van der Waals surface area contributed by atoms with Crippen molar-refractivity contribution in [3.05, 3.63) is 11.6 Å². The minimum Gasteiger partial charge on any atom is -0.314 e.